The molecule has 0 saturated heterocycles. The Balaban J connectivity index is 1.73. The van der Waals surface area contributed by atoms with Crippen molar-refractivity contribution in [1.82, 2.24) is 4.98 Å². The van der Waals surface area contributed by atoms with Gasteiger partial charge in [0, 0.05) is 29.1 Å². The van der Waals surface area contributed by atoms with Gasteiger partial charge in [-0.3, -0.25) is 4.79 Å². The number of hydrogen-bond donors (Lipinski definition) is 2. The predicted octanol–water partition coefficient (Wildman–Crippen LogP) is 5.56. The molecule has 4 nitrogen and oxygen atoms in total. The Labute approximate surface area is 159 Å². The molecule has 1 aliphatic rings. The summed E-state index contributed by atoms with van der Waals surface area (Å²) in [6, 6.07) is 14.4. The van der Waals surface area contributed by atoms with E-state index < -0.39 is 5.97 Å². The molecule has 2 aromatic carbocycles. The molecule has 140 valence electrons. The molecule has 0 amide bonds. The number of carboxylic acid groups (broad SMARTS) is 1. The summed E-state index contributed by atoms with van der Waals surface area (Å²) >= 11 is 0. The van der Waals surface area contributed by atoms with Gasteiger partial charge in [-0.05, 0) is 67.5 Å². The van der Waals surface area contributed by atoms with Crippen LogP contribution in [0, 0.1) is 0 Å². The maximum atomic E-state index is 11.0. The number of aromatic amines is 1. The highest BCUT2D eigenvalue weighted by molar-refractivity contribution is 5.96. The highest BCUT2D eigenvalue weighted by Gasteiger charge is 2.18. The Morgan fingerprint density at radius 1 is 1.07 bits per heavy atom. The topological polar surface area (TPSA) is 62.3 Å². The monoisotopic (exact) mass is 363 g/mol. The van der Waals surface area contributed by atoms with Crippen LogP contribution in [0.2, 0.25) is 0 Å². The molecular formula is C23H25NO3. The molecule has 0 unspecified atom stereocenters. The van der Waals surface area contributed by atoms with Crippen LogP contribution in [0.15, 0.2) is 48.7 Å². The van der Waals surface area contributed by atoms with Gasteiger partial charge < -0.3 is 14.8 Å². The van der Waals surface area contributed by atoms with Crippen LogP contribution >= 0.6 is 0 Å². The number of carboxylic acids is 1. The zero-order valence-electron chi connectivity index (χ0n) is 15.4. The molecule has 0 atom stereocenters. The fourth-order valence-electron chi connectivity index (χ4n) is 3.98. The lowest BCUT2D eigenvalue weighted by Gasteiger charge is -2.25. The summed E-state index contributed by atoms with van der Waals surface area (Å²) in [5.41, 5.74) is 4.29. The molecule has 0 spiro atoms. The number of nitrogens with one attached hydrogen (secondary N) is 1. The van der Waals surface area contributed by atoms with Gasteiger partial charge in [-0.25, -0.2) is 0 Å². The van der Waals surface area contributed by atoms with Gasteiger partial charge in [-0.15, -0.1) is 0 Å². The summed E-state index contributed by atoms with van der Waals surface area (Å²) in [6.45, 7) is 0. The smallest absolute Gasteiger partial charge is 0.303 e. The minimum absolute atomic E-state index is 0.136. The predicted molar refractivity (Wildman–Crippen MR) is 107 cm³/mol. The van der Waals surface area contributed by atoms with Crippen molar-refractivity contribution in [1.29, 1.82) is 0 Å². The second-order valence-electron chi connectivity index (χ2n) is 7.35. The number of aryl methyl sites for hydroxylation is 1. The van der Waals surface area contributed by atoms with Crippen LogP contribution in [0.4, 0.5) is 0 Å². The highest BCUT2D eigenvalue weighted by Crippen LogP contribution is 2.37. The Bertz CT molecular complexity index is 938. The largest absolute Gasteiger partial charge is 0.490 e. The molecule has 3 aromatic rings. The first-order chi connectivity index (χ1) is 13.2. The van der Waals surface area contributed by atoms with E-state index in [0.29, 0.717) is 6.42 Å². The van der Waals surface area contributed by atoms with E-state index in [4.69, 9.17) is 9.84 Å². The Kier molecular flexibility index (Phi) is 5.14. The first-order valence-electron chi connectivity index (χ1n) is 9.78. The van der Waals surface area contributed by atoms with E-state index in [1.807, 2.05) is 24.4 Å². The lowest BCUT2D eigenvalue weighted by atomic mass is 9.95. The summed E-state index contributed by atoms with van der Waals surface area (Å²) in [7, 11) is 0. The van der Waals surface area contributed by atoms with Gasteiger partial charge in [0.2, 0.25) is 0 Å². The Hall–Kier alpha value is -2.75. The van der Waals surface area contributed by atoms with Crippen LogP contribution in [0.5, 0.6) is 5.75 Å². The third-order valence-corrected chi connectivity index (χ3v) is 5.40. The van der Waals surface area contributed by atoms with E-state index in [-0.39, 0.29) is 12.5 Å². The average Bonchev–Trinajstić information content (AvgIpc) is 3.17. The molecule has 0 aliphatic heterocycles. The van der Waals surface area contributed by atoms with E-state index in [2.05, 4.69) is 29.2 Å². The summed E-state index contributed by atoms with van der Waals surface area (Å²) in [5.74, 6) is 0.126. The first kappa shape index (κ1) is 17.7. The third kappa shape index (κ3) is 4.00. The molecule has 1 saturated carbocycles. The van der Waals surface area contributed by atoms with Crippen molar-refractivity contribution < 1.29 is 14.6 Å². The van der Waals surface area contributed by atoms with Crippen molar-refractivity contribution in [3.05, 3.63) is 54.2 Å². The van der Waals surface area contributed by atoms with Gasteiger partial charge >= 0.3 is 5.97 Å². The second kappa shape index (κ2) is 7.87. The molecule has 1 aliphatic carbocycles. The summed E-state index contributed by atoms with van der Waals surface area (Å²) in [6.07, 6.45) is 8.84. The number of aliphatic carboxylic acids is 1. The zero-order chi connectivity index (χ0) is 18.6. The van der Waals surface area contributed by atoms with E-state index in [1.165, 1.54) is 19.3 Å². The van der Waals surface area contributed by atoms with Gasteiger partial charge in [-0.2, -0.15) is 0 Å². The van der Waals surface area contributed by atoms with Crippen molar-refractivity contribution in [2.24, 2.45) is 0 Å². The number of rotatable bonds is 6. The maximum absolute atomic E-state index is 11.0. The maximum Gasteiger partial charge on any atom is 0.303 e. The first-order valence-corrected chi connectivity index (χ1v) is 9.78. The van der Waals surface area contributed by atoms with Crippen molar-refractivity contribution in [2.45, 2.75) is 51.0 Å². The summed E-state index contributed by atoms with van der Waals surface area (Å²) < 4.78 is 6.42. The normalized spacial score (nSPS) is 15.1. The van der Waals surface area contributed by atoms with Crippen LogP contribution in [-0.2, 0) is 11.2 Å². The van der Waals surface area contributed by atoms with Gasteiger partial charge in [0.25, 0.3) is 0 Å². The lowest BCUT2D eigenvalue weighted by Crippen LogP contribution is -2.20. The number of aromatic nitrogens is 1. The number of fused-ring (bicyclic) bond motifs is 1. The van der Waals surface area contributed by atoms with Crippen LogP contribution in [0.25, 0.3) is 22.0 Å². The molecule has 0 bridgehead atoms. The third-order valence-electron chi connectivity index (χ3n) is 5.40. The standard InChI is InChI=1S/C23H25NO3/c25-23(26)12-10-16-9-11-22(27-17-5-2-1-3-6-17)20(15-16)18-7-4-8-21-19(18)13-14-24-21/h4,7-9,11,13-15,17,24H,1-3,5-6,10,12H2,(H,25,26). The number of H-pyrrole nitrogens is 1. The summed E-state index contributed by atoms with van der Waals surface area (Å²) in [5, 5.41) is 10.2. The van der Waals surface area contributed by atoms with Gasteiger partial charge in [0.15, 0.2) is 0 Å². The quantitative estimate of drug-likeness (QED) is 0.602. The van der Waals surface area contributed by atoms with Crippen molar-refractivity contribution in [2.75, 3.05) is 0 Å². The average molecular weight is 363 g/mol. The molecule has 27 heavy (non-hydrogen) atoms. The Morgan fingerprint density at radius 3 is 2.74 bits per heavy atom. The molecule has 1 aromatic heterocycles. The fourth-order valence-corrected chi connectivity index (χ4v) is 3.98. The number of carbonyl (C=O) groups is 1. The van der Waals surface area contributed by atoms with E-state index >= 15 is 0 Å². The molecular weight excluding hydrogens is 338 g/mol. The van der Waals surface area contributed by atoms with Gasteiger partial charge in [-0.1, -0.05) is 24.6 Å². The number of ether oxygens (including phenoxy) is 1. The van der Waals surface area contributed by atoms with Crippen LogP contribution in [0.3, 0.4) is 0 Å². The molecule has 1 heterocycles. The summed E-state index contributed by atoms with van der Waals surface area (Å²) in [4.78, 5) is 14.2. The van der Waals surface area contributed by atoms with E-state index in [0.717, 1.165) is 46.2 Å². The van der Waals surface area contributed by atoms with E-state index in [9.17, 15) is 4.79 Å². The minimum atomic E-state index is -0.771. The van der Waals surface area contributed by atoms with E-state index in [1.54, 1.807) is 0 Å². The molecule has 4 rings (SSSR count). The van der Waals surface area contributed by atoms with Gasteiger partial charge in [0.1, 0.15) is 5.75 Å². The van der Waals surface area contributed by atoms with Crippen LogP contribution in [0.1, 0.15) is 44.1 Å². The number of hydrogen-bond acceptors (Lipinski definition) is 2. The highest BCUT2D eigenvalue weighted by atomic mass is 16.5. The molecule has 4 heteroatoms. The Morgan fingerprint density at radius 2 is 1.93 bits per heavy atom. The van der Waals surface area contributed by atoms with Crippen LogP contribution in [-0.4, -0.2) is 22.2 Å². The minimum Gasteiger partial charge on any atom is -0.490 e. The SMILES string of the molecule is O=C(O)CCc1ccc(OC2CCCCC2)c(-c2cccc3[nH]ccc23)c1. The molecule has 2 N–H and O–H groups in total. The molecule has 1 fully saturated rings. The van der Waals surface area contributed by atoms with Crippen molar-refractivity contribution in [3.8, 4) is 16.9 Å². The second-order valence-corrected chi connectivity index (χ2v) is 7.35. The van der Waals surface area contributed by atoms with Crippen molar-refractivity contribution >= 4 is 16.9 Å². The zero-order valence-corrected chi connectivity index (χ0v) is 15.4. The lowest BCUT2D eigenvalue weighted by molar-refractivity contribution is -0.136. The number of benzene rings is 2. The fraction of sp³-hybridized carbons (Fsp3) is 0.348. The molecule has 0 radical (unpaired) electrons. The van der Waals surface area contributed by atoms with Crippen LogP contribution < -0.4 is 4.74 Å². The van der Waals surface area contributed by atoms with Gasteiger partial charge in [0.05, 0.1) is 6.10 Å². The van der Waals surface area contributed by atoms with Crippen molar-refractivity contribution in [3.63, 3.8) is 0 Å².